The smallest absolute Gasteiger partial charge is 0.338 e. The molecule has 1 aromatic rings. The molecule has 16 heavy (non-hydrogen) atoms. The van der Waals surface area contributed by atoms with Crippen LogP contribution < -0.4 is 5.32 Å². The first-order chi connectivity index (χ1) is 7.10. The van der Waals surface area contributed by atoms with Crippen LogP contribution in [0.15, 0.2) is 10.6 Å². The maximum absolute atomic E-state index is 12.1. The maximum Gasteiger partial charge on any atom is 0.436 e. The summed E-state index contributed by atoms with van der Waals surface area (Å²) in [6.07, 6.45) is -4.58. The third-order valence-corrected chi connectivity index (χ3v) is 1.72. The van der Waals surface area contributed by atoms with E-state index in [1.807, 2.05) is 0 Å². The molecule has 0 radical (unpaired) electrons. The van der Waals surface area contributed by atoms with E-state index in [9.17, 15) is 18.0 Å². The van der Waals surface area contributed by atoms with Crippen LogP contribution in [-0.4, -0.2) is 11.1 Å². The summed E-state index contributed by atoms with van der Waals surface area (Å²) >= 11 is 0. The van der Waals surface area contributed by atoms with Crippen LogP contribution in [-0.2, 0) is 11.0 Å². The van der Waals surface area contributed by atoms with Gasteiger partial charge in [0, 0.05) is 11.5 Å². The Hall–Kier alpha value is -1.53. The average Bonchev–Trinajstić information content (AvgIpc) is 2.49. The highest BCUT2D eigenvalue weighted by Crippen LogP contribution is 2.30. The third-order valence-electron chi connectivity index (χ3n) is 1.72. The molecule has 1 rings (SSSR count). The number of alkyl halides is 3. The lowest BCUT2D eigenvalue weighted by molar-refractivity contribution is -0.142. The Balaban J connectivity index is 2.78. The summed E-state index contributed by atoms with van der Waals surface area (Å²) in [7, 11) is 0. The molecule has 7 heteroatoms. The first-order valence-electron chi connectivity index (χ1n) is 4.46. The van der Waals surface area contributed by atoms with Crippen molar-refractivity contribution in [3.63, 3.8) is 0 Å². The van der Waals surface area contributed by atoms with E-state index in [0.717, 1.165) is 0 Å². The van der Waals surface area contributed by atoms with E-state index in [-0.39, 0.29) is 5.88 Å². The van der Waals surface area contributed by atoms with E-state index in [2.05, 4.69) is 15.0 Å². The van der Waals surface area contributed by atoms with Crippen molar-refractivity contribution in [2.24, 2.45) is 5.41 Å². The van der Waals surface area contributed by atoms with E-state index in [1.54, 1.807) is 20.8 Å². The highest BCUT2D eigenvalue weighted by atomic mass is 19.4. The lowest BCUT2D eigenvalue weighted by Gasteiger charge is -2.15. The molecule has 0 atom stereocenters. The van der Waals surface area contributed by atoms with Crippen LogP contribution in [0.1, 0.15) is 26.5 Å². The molecule has 0 unspecified atom stereocenters. The van der Waals surface area contributed by atoms with Gasteiger partial charge in [-0.05, 0) is 0 Å². The number of carbonyl (C=O) groups is 1. The quantitative estimate of drug-likeness (QED) is 0.815. The van der Waals surface area contributed by atoms with Crippen LogP contribution in [0.4, 0.5) is 19.1 Å². The van der Waals surface area contributed by atoms with E-state index in [0.29, 0.717) is 6.07 Å². The van der Waals surface area contributed by atoms with Gasteiger partial charge in [0.25, 0.3) is 0 Å². The molecule has 0 aromatic carbocycles. The Morgan fingerprint density at radius 2 is 1.94 bits per heavy atom. The molecule has 1 aromatic heterocycles. The highest BCUT2D eigenvalue weighted by Gasteiger charge is 2.35. The fourth-order valence-corrected chi connectivity index (χ4v) is 0.767. The number of hydrogen-bond acceptors (Lipinski definition) is 3. The van der Waals surface area contributed by atoms with E-state index >= 15 is 0 Å². The number of rotatable bonds is 1. The van der Waals surface area contributed by atoms with E-state index in [4.69, 9.17) is 0 Å². The molecule has 0 aliphatic carbocycles. The number of anilines is 1. The molecule has 1 heterocycles. The monoisotopic (exact) mass is 236 g/mol. The lowest BCUT2D eigenvalue weighted by atomic mass is 9.96. The van der Waals surface area contributed by atoms with Gasteiger partial charge >= 0.3 is 6.18 Å². The standard InChI is InChI=1S/C9H11F3N2O2/c1-8(2,3)7(15)13-6-4-5(14-16-6)9(10,11)12/h4H,1-3H3,(H,13,15). The summed E-state index contributed by atoms with van der Waals surface area (Å²) in [4.78, 5) is 11.4. The van der Waals surface area contributed by atoms with Crippen LogP contribution in [0.2, 0.25) is 0 Å². The van der Waals surface area contributed by atoms with Crippen molar-refractivity contribution in [3.05, 3.63) is 11.8 Å². The number of hydrogen-bond donors (Lipinski definition) is 1. The van der Waals surface area contributed by atoms with Gasteiger partial charge in [-0.15, -0.1) is 0 Å². The minimum absolute atomic E-state index is 0.313. The first-order valence-corrected chi connectivity index (χ1v) is 4.46. The maximum atomic E-state index is 12.1. The summed E-state index contributed by atoms with van der Waals surface area (Å²) in [6.45, 7) is 4.89. The molecule has 0 aliphatic heterocycles. The minimum Gasteiger partial charge on any atom is -0.338 e. The molecule has 90 valence electrons. The largest absolute Gasteiger partial charge is 0.436 e. The van der Waals surface area contributed by atoms with Crippen molar-refractivity contribution in [2.75, 3.05) is 5.32 Å². The summed E-state index contributed by atoms with van der Waals surface area (Å²) in [5.74, 6) is -0.760. The summed E-state index contributed by atoms with van der Waals surface area (Å²) < 4.78 is 40.8. The zero-order chi connectivity index (χ0) is 12.6. The second-order valence-electron chi connectivity index (χ2n) is 4.28. The van der Waals surface area contributed by atoms with Gasteiger partial charge in [0.2, 0.25) is 11.8 Å². The number of nitrogens with zero attached hydrogens (tertiary/aromatic N) is 1. The molecule has 0 aliphatic rings. The lowest BCUT2D eigenvalue weighted by Crippen LogP contribution is -2.27. The van der Waals surface area contributed by atoms with Crippen molar-refractivity contribution in [2.45, 2.75) is 26.9 Å². The van der Waals surface area contributed by atoms with Gasteiger partial charge in [-0.2, -0.15) is 13.2 Å². The molecule has 0 fully saturated rings. The van der Waals surface area contributed by atoms with Crippen LogP contribution in [0.25, 0.3) is 0 Å². The number of halogens is 3. The third kappa shape index (κ3) is 2.98. The van der Waals surface area contributed by atoms with Crippen LogP contribution >= 0.6 is 0 Å². The SMILES string of the molecule is CC(C)(C)C(=O)Nc1cc(C(F)(F)F)no1. The normalized spacial score (nSPS) is 12.6. The zero-order valence-corrected chi connectivity index (χ0v) is 8.97. The molecular formula is C9H11F3N2O2. The molecule has 0 spiro atoms. The predicted molar refractivity (Wildman–Crippen MR) is 49.6 cm³/mol. The topological polar surface area (TPSA) is 55.1 Å². The fraction of sp³-hybridized carbons (Fsp3) is 0.556. The van der Waals surface area contributed by atoms with Gasteiger partial charge in [0.1, 0.15) is 0 Å². The van der Waals surface area contributed by atoms with Crippen LogP contribution in [0, 0.1) is 5.41 Å². The van der Waals surface area contributed by atoms with E-state index in [1.165, 1.54) is 0 Å². The Morgan fingerprint density at radius 1 is 1.38 bits per heavy atom. The van der Waals surface area contributed by atoms with Gasteiger partial charge < -0.3 is 4.52 Å². The Labute approximate surface area is 89.8 Å². The van der Waals surface area contributed by atoms with Crippen molar-refractivity contribution in [1.29, 1.82) is 0 Å². The van der Waals surface area contributed by atoms with E-state index < -0.39 is 23.2 Å². The second kappa shape index (κ2) is 3.80. The summed E-state index contributed by atoms with van der Waals surface area (Å²) in [6, 6.07) is 0.642. The Kier molecular flexibility index (Phi) is 2.98. The van der Waals surface area contributed by atoms with Crippen LogP contribution in [0.5, 0.6) is 0 Å². The fourth-order valence-electron chi connectivity index (χ4n) is 0.767. The van der Waals surface area contributed by atoms with Crippen LogP contribution in [0.3, 0.4) is 0 Å². The molecular weight excluding hydrogens is 225 g/mol. The molecule has 0 bridgehead atoms. The van der Waals surface area contributed by atoms with Crippen molar-refractivity contribution < 1.29 is 22.5 Å². The molecule has 0 saturated heterocycles. The Morgan fingerprint density at radius 3 is 2.31 bits per heavy atom. The van der Waals surface area contributed by atoms with Crippen molar-refractivity contribution in [1.82, 2.24) is 5.16 Å². The number of aromatic nitrogens is 1. The van der Waals surface area contributed by atoms with Gasteiger partial charge in [0.15, 0.2) is 5.69 Å². The van der Waals surface area contributed by atoms with Gasteiger partial charge in [0.05, 0.1) is 0 Å². The molecule has 0 saturated carbocycles. The van der Waals surface area contributed by atoms with Crippen molar-refractivity contribution in [3.8, 4) is 0 Å². The Bertz CT molecular complexity index is 390. The number of nitrogens with one attached hydrogen (secondary N) is 1. The van der Waals surface area contributed by atoms with Crippen molar-refractivity contribution >= 4 is 11.8 Å². The predicted octanol–water partition coefficient (Wildman–Crippen LogP) is 2.68. The summed E-state index contributed by atoms with van der Waals surface area (Å²) in [5, 5.41) is 5.01. The average molecular weight is 236 g/mol. The first kappa shape index (κ1) is 12.5. The number of amides is 1. The highest BCUT2D eigenvalue weighted by molar-refractivity contribution is 5.93. The van der Waals surface area contributed by atoms with Gasteiger partial charge in [-0.25, -0.2) is 0 Å². The number of carbonyl (C=O) groups excluding carboxylic acids is 1. The van der Waals surface area contributed by atoms with Gasteiger partial charge in [-0.1, -0.05) is 25.9 Å². The second-order valence-corrected chi connectivity index (χ2v) is 4.28. The molecule has 1 N–H and O–H groups in total. The molecule has 1 amide bonds. The van der Waals surface area contributed by atoms with Gasteiger partial charge in [-0.3, -0.25) is 10.1 Å². The molecule has 4 nitrogen and oxygen atoms in total. The summed E-state index contributed by atoms with van der Waals surface area (Å²) in [5.41, 5.74) is -1.89. The minimum atomic E-state index is -4.58. The zero-order valence-electron chi connectivity index (χ0n) is 8.97.